The third-order valence-electron chi connectivity index (χ3n) is 3.76. The largest absolute Gasteiger partial charge is 0.347 e. The number of nitrogens with two attached hydrogens (primary N) is 1. The van der Waals surface area contributed by atoms with Crippen molar-refractivity contribution in [1.82, 2.24) is 10.2 Å². The molecule has 2 rings (SSSR count). The van der Waals surface area contributed by atoms with Crippen LogP contribution in [0.1, 0.15) is 23.6 Å². The lowest BCUT2D eigenvalue weighted by molar-refractivity contribution is -0.132. The van der Waals surface area contributed by atoms with Crippen molar-refractivity contribution in [3.8, 4) is 0 Å². The number of carbonyl (C=O) groups excluding carboxylic acids is 2. The number of hydrogen-bond acceptors (Lipinski definition) is 3. The van der Waals surface area contributed by atoms with Crippen molar-refractivity contribution in [3.63, 3.8) is 0 Å². The van der Waals surface area contributed by atoms with E-state index in [-0.39, 0.29) is 30.8 Å². The molecular weight excluding hydrogens is 302 g/mol. The molecule has 2 aromatic rings. The monoisotopic (exact) mass is 325 g/mol. The first-order valence-corrected chi connectivity index (χ1v) is 7.91. The Hall–Kier alpha value is -2.66. The second-order valence-electron chi connectivity index (χ2n) is 5.73. The summed E-state index contributed by atoms with van der Waals surface area (Å²) in [4.78, 5) is 25.6. The van der Waals surface area contributed by atoms with Gasteiger partial charge in [-0.15, -0.1) is 0 Å². The van der Waals surface area contributed by atoms with Gasteiger partial charge in [-0.2, -0.15) is 0 Å². The van der Waals surface area contributed by atoms with Gasteiger partial charge in [-0.05, 0) is 11.1 Å². The third-order valence-corrected chi connectivity index (χ3v) is 3.76. The van der Waals surface area contributed by atoms with Gasteiger partial charge < -0.3 is 16.0 Å². The first kappa shape index (κ1) is 17.7. The summed E-state index contributed by atoms with van der Waals surface area (Å²) in [6, 6.07) is 18.8. The Bertz CT molecular complexity index is 659. The van der Waals surface area contributed by atoms with E-state index in [1.807, 2.05) is 60.7 Å². The van der Waals surface area contributed by atoms with Crippen molar-refractivity contribution < 1.29 is 9.59 Å². The van der Waals surface area contributed by atoms with Crippen LogP contribution in [0.2, 0.25) is 0 Å². The average molecular weight is 325 g/mol. The van der Waals surface area contributed by atoms with Crippen molar-refractivity contribution in [3.05, 3.63) is 71.8 Å². The highest BCUT2D eigenvalue weighted by Gasteiger charge is 2.14. The summed E-state index contributed by atoms with van der Waals surface area (Å²) >= 11 is 0. The maximum absolute atomic E-state index is 12.1. The summed E-state index contributed by atoms with van der Waals surface area (Å²) in [5.41, 5.74) is 7.96. The smallest absolute Gasteiger partial charge is 0.242 e. The zero-order valence-corrected chi connectivity index (χ0v) is 13.8. The highest BCUT2D eigenvalue weighted by molar-refractivity contribution is 5.84. The fraction of sp³-hybridized carbons (Fsp3) is 0.263. The van der Waals surface area contributed by atoms with Crippen LogP contribution in [0.4, 0.5) is 0 Å². The molecule has 0 heterocycles. The molecule has 5 heteroatoms. The second-order valence-corrected chi connectivity index (χ2v) is 5.73. The van der Waals surface area contributed by atoms with E-state index in [0.717, 1.165) is 11.1 Å². The average Bonchev–Trinajstić information content (AvgIpc) is 2.61. The van der Waals surface area contributed by atoms with Gasteiger partial charge in [0.25, 0.3) is 0 Å². The lowest BCUT2D eigenvalue weighted by atomic mass is 10.0. The van der Waals surface area contributed by atoms with Crippen LogP contribution in [-0.2, 0) is 16.1 Å². The first-order valence-electron chi connectivity index (χ1n) is 7.91. The molecule has 1 atom stereocenters. The second kappa shape index (κ2) is 8.84. The third kappa shape index (κ3) is 5.52. The van der Waals surface area contributed by atoms with Crippen LogP contribution in [-0.4, -0.2) is 30.3 Å². The van der Waals surface area contributed by atoms with Gasteiger partial charge in [0.1, 0.15) is 0 Å². The van der Waals surface area contributed by atoms with E-state index in [9.17, 15) is 9.59 Å². The van der Waals surface area contributed by atoms with Crippen molar-refractivity contribution in [2.24, 2.45) is 5.73 Å². The maximum atomic E-state index is 12.1. The molecule has 0 fully saturated rings. The number of benzene rings is 2. The Morgan fingerprint density at radius 2 is 1.62 bits per heavy atom. The van der Waals surface area contributed by atoms with Crippen LogP contribution in [0.25, 0.3) is 0 Å². The molecule has 24 heavy (non-hydrogen) atoms. The molecule has 0 saturated heterocycles. The van der Waals surface area contributed by atoms with E-state index in [1.165, 1.54) is 0 Å². The Morgan fingerprint density at radius 1 is 1.04 bits per heavy atom. The van der Waals surface area contributed by atoms with Crippen molar-refractivity contribution in [1.29, 1.82) is 0 Å². The van der Waals surface area contributed by atoms with E-state index in [2.05, 4.69) is 5.32 Å². The molecule has 126 valence electrons. The molecule has 0 spiro atoms. The van der Waals surface area contributed by atoms with Crippen LogP contribution in [0, 0.1) is 0 Å². The van der Waals surface area contributed by atoms with Gasteiger partial charge in [0.05, 0.1) is 6.54 Å². The van der Waals surface area contributed by atoms with E-state index in [0.29, 0.717) is 6.54 Å². The molecule has 0 aliphatic heterocycles. The molecule has 2 aromatic carbocycles. The fourth-order valence-electron chi connectivity index (χ4n) is 2.34. The molecule has 5 nitrogen and oxygen atoms in total. The molecule has 0 aliphatic rings. The highest BCUT2D eigenvalue weighted by atomic mass is 16.2. The normalized spacial score (nSPS) is 11.6. The van der Waals surface area contributed by atoms with Gasteiger partial charge >= 0.3 is 0 Å². The molecule has 3 N–H and O–H groups in total. The Balaban J connectivity index is 1.75. The van der Waals surface area contributed by atoms with Crippen LogP contribution in [0.5, 0.6) is 0 Å². The quantitative estimate of drug-likeness (QED) is 0.816. The summed E-state index contributed by atoms with van der Waals surface area (Å²) in [5, 5.41) is 2.64. The summed E-state index contributed by atoms with van der Waals surface area (Å²) in [7, 11) is 1.72. The van der Waals surface area contributed by atoms with Gasteiger partial charge in [-0.25, -0.2) is 0 Å². The lowest BCUT2D eigenvalue weighted by Gasteiger charge is -2.18. The van der Waals surface area contributed by atoms with Gasteiger partial charge in [0.15, 0.2) is 0 Å². The molecule has 0 aliphatic carbocycles. The number of likely N-dealkylation sites (N-methyl/N-ethyl adjacent to an activating group) is 1. The van der Waals surface area contributed by atoms with Gasteiger partial charge in [0, 0.05) is 26.1 Å². The highest BCUT2D eigenvalue weighted by Crippen LogP contribution is 2.12. The Labute approximate surface area is 142 Å². The topological polar surface area (TPSA) is 75.4 Å². The van der Waals surface area contributed by atoms with Crippen molar-refractivity contribution in [2.75, 3.05) is 13.6 Å². The number of nitrogens with one attached hydrogen (secondary N) is 1. The molecular formula is C19H23N3O2. The molecule has 2 amide bonds. The molecule has 0 aromatic heterocycles. The van der Waals surface area contributed by atoms with Crippen LogP contribution in [0.3, 0.4) is 0 Å². The predicted molar refractivity (Wildman–Crippen MR) is 93.9 cm³/mol. The van der Waals surface area contributed by atoms with Gasteiger partial charge in [0.2, 0.25) is 11.8 Å². The fourth-order valence-corrected chi connectivity index (χ4v) is 2.34. The van der Waals surface area contributed by atoms with Crippen LogP contribution in [0.15, 0.2) is 60.7 Å². The zero-order valence-electron chi connectivity index (χ0n) is 13.8. The van der Waals surface area contributed by atoms with E-state index in [1.54, 1.807) is 11.9 Å². The Kier molecular flexibility index (Phi) is 6.51. The van der Waals surface area contributed by atoms with E-state index < -0.39 is 0 Å². The number of carbonyl (C=O) groups is 2. The summed E-state index contributed by atoms with van der Waals surface area (Å²) in [5.74, 6) is -0.367. The summed E-state index contributed by atoms with van der Waals surface area (Å²) < 4.78 is 0. The summed E-state index contributed by atoms with van der Waals surface area (Å²) in [6.07, 6.45) is 0.152. The van der Waals surface area contributed by atoms with Crippen molar-refractivity contribution in [2.45, 2.75) is 19.0 Å². The lowest BCUT2D eigenvalue weighted by Crippen LogP contribution is -2.38. The molecule has 1 unspecified atom stereocenters. The van der Waals surface area contributed by atoms with E-state index in [4.69, 9.17) is 5.73 Å². The standard InChI is InChI=1S/C19H23N3O2/c1-22(14-15-8-4-2-5-9-15)19(24)13-21-18(23)12-17(20)16-10-6-3-7-11-16/h2-11,17H,12-14,20H2,1H3,(H,21,23). The van der Waals surface area contributed by atoms with Crippen LogP contribution >= 0.6 is 0 Å². The number of rotatable bonds is 7. The molecule has 0 radical (unpaired) electrons. The number of amides is 2. The first-order chi connectivity index (χ1) is 11.6. The molecule has 0 saturated carbocycles. The minimum absolute atomic E-state index is 0.0241. The number of nitrogens with zero attached hydrogens (tertiary/aromatic N) is 1. The minimum Gasteiger partial charge on any atom is -0.347 e. The predicted octanol–water partition coefficient (Wildman–Crippen LogP) is 1.85. The van der Waals surface area contributed by atoms with Gasteiger partial charge in [-0.1, -0.05) is 60.7 Å². The minimum atomic E-state index is -0.372. The number of hydrogen-bond donors (Lipinski definition) is 2. The van der Waals surface area contributed by atoms with E-state index >= 15 is 0 Å². The SMILES string of the molecule is CN(Cc1ccccc1)C(=O)CNC(=O)CC(N)c1ccccc1. The maximum Gasteiger partial charge on any atom is 0.242 e. The molecule has 0 bridgehead atoms. The van der Waals surface area contributed by atoms with Crippen LogP contribution < -0.4 is 11.1 Å². The van der Waals surface area contributed by atoms with Gasteiger partial charge in [-0.3, -0.25) is 9.59 Å². The Morgan fingerprint density at radius 3 is 2.25 bits per heavy atom. The zero-order chi connectivity index (χ0) is 17.4. The van der Waals surface area contributed by atoms with Crippen molar-refractivity contribution >= 4 is 11.8 Å². The summed E-state index contributed by atoms with van der Waals surface area (Å²) in [6.45, 7) is 0.489.